The lowest BCUT2D eigenvalue weighted by molar-refractivity contribution is 0.0930. The summed E-state index contributed by atoms with van der Waals surface area (Å²) in [6, 6.07) is 0.237. The van der Waals surface area contributed by atoms with Crippen LogP contribution in [-0.4, -0.2) is 16.9 Å². The number of nitrogens with two attached hydrogens (primary N) is 1. The molecule has 0 aliphatic carbocycles. The van der Waals surface area contributed by atoms with E-state index in [1.54, 1.807) is 5.38 Å². The van der Waals surface area contributed by atoms with Crippen LogP contribution in [0.15, 0.2) is 5.38 Å². The molecule has 1 aromatic rings. The van der Waals surface area contributed by atoms with E-state index < -0.39 is 0 Å². The van der Waals surface area contributed by atoms with E-state index in [1.165, 1.54) is 11.3 Å². The second kappa shape index (κ2) is 7.60. The molecule has 16 heavy (non-hydrogen) atoms. The van der Waals surface area contributed by atoms with Crippen molar-refractivity contribution in [3.05, 3.63) is 16.1 Å². The van der Waals surface area contributed by atoms with Crippen molar-refractivity contribution in [3.8, 4) is 0 Å². The van der Waals surface area contributed by atoms with Crippen LogP contribution in [0.3, 0.4) is 0 Å². The SMILES string of the molecule is CCC(CC)NC(=O)c1csc(CN)n1.Cl. The molecule has 1 heterocycles. The first kappa shape index (κ1) is 15.3. The van der Waals surface area contributed by atoms with Gasteiger partial charge in [0.25, 0.3) is 5.91 Å². The summed E-state index contributed by atoms with van der Waals surface area (Å²) >= 11 is 1.42. The minimum absolute atomic E-state index is 0. The lowest BCUT2D eigenvalue weighted by Gasteiger charge is -2.13. The maximum atomic E-state index is 11.7. The van der Waals surface area contributed by atoms with Gasteiger partial charge in [-0.3, -0.25) is 4.79 Å². The van der Waals surface area contributed by atoms with E-state index in [9.17, 15) is 4.79 Å². The fourth-order valence-electron chi connectivity index (χ4n) is 1.26. The van der Waals surface area contributed by atoms with Crippen LogP contribution in [0.2, 0.25) is 0 Å². The molecule has 6 heteroatoms. The average Bonchev–Trinajstić information content (AvgIpc) is 2.74. The van der Waals surface area contributed by atoms with E-state index in [0.29, 0.717) is 12.2 Å². The Morgan fingerprint density at radius 1 is 1.56 bits per heavy atom. The summed E-state index contributed by atoms with van der Waals surface area (Å²) in [6.07, 6.45) is 1.88. The molecule has 0 saturated heterocycles. The second-order valence-electron chi connectivity index (χ2n) is 3.32. The van der Waals surface area contributed by atoms with Gasteiger partial charge in [-0.2, -0.15) is 0 Å². The third-order valence-corrected chi connectivity index (χ3v) is 3.15. The molecule has 0 spiro atoms. The Labute approximate surface area is 106 Å². The van der Waals surface area contributed by atoms with Crippen molar-refractivity contribution in [1.29, 1.82) is 0 Å². The Balaban J connectivity index is 0.00000225. The predicted octanol–water partition coefficient (Wildman–Crippen LogP) is 1.94. The zero-order valence-corrected chi connectivity index (χ0v) is 11.2. The number of thiazole rings is 1. The van der Waals surface area contributed by atoms with Crippen molar-refractivity contribution in [2.24, 2.45) is 5.73 Å². The normalized spacial score (nSPS) is 10.0. The number of amides is 1. The first-order chi connectivity index (χ1) is 7.21. The maximum Gasteiger partial charge on any atom is 0.270 e. The van der Waals surface area contributed by atoms with E-state index in [4.69, 9.17) is 5.73 Å². The number of rotatable bonds is 5. The quantitative estimate of drug-likeness (QED) is 0.853. The highest BCUT2D eigenvalue weighted by atomic mass is 35.5. The number of hydrogen-bond acceptors (Lipinski definition) is 4. The summed E-state index contributed by atoms with van der Waals surface area (Å²) < 4.78 is 0. The van der Waals surface area contributed by atoms with Crippen molar-refractivity contribution in [1.82, 2.24) is 10.3 Å². The lowest BCUT2D eigenvalue weighted by atomic mass is 10.2. The van der Waals surface area contributed by atoms with Gasteiger partial charge >= 0.3 is 0 Å². The summed E-state index contributed by atoms with van der Waals surface area (Å²) in [5.74, 6) is -0.0975. The Hall–Kier alpha value is -0.650. The Bertz CT molecular complexity index is 326. The minimum Gasteiger partial charge on any atom is -0.348 e. The third-order valence-electron chi connectivity index (χ3n) is 2.28. The lowest BCUT2D eigenvalue weighted by Crippen LogP contribution is -2.34. The van der Waals surface area contributed by atoms with Gasteiger partial charge in [-0.05, 0) is 12.8 Å². The summed E-state index contributed by atoms with van der Waals surface area (Å²) in [5.41, 5.74) is 5.91. The molecule has 1 amide bonds. The largest absolute Gasteiger partial charge is 0.348 e. The molecular weight excluding hydrogens is 246 g/mol. The molecular formula is C10H18ClN3OS. The van der Waals surface area contributed by atoms with Crippen LogP contribution < -0.4 is 11.1 Å². The molecule has 0 aliphatic heterocycles. The van der Waals surface area contributed by atoms with Gasteiger partial charge in [0.1, 0.15) is 10.7 Å². The van der Waals surface area contributed by atoms with Gasteiger partial charge in [-0.1, -0.05) is 13.8 Å². The number of aromatic nitrogens is 1. The first-order valence-corrected chi connectivity index (χ1v) is 6.04. The number of hydrogen-bond donors (Lipinski definition) is 2. The third kappa shape index (κ3) is 4.08. The summed E-state index contributed by atoms with van der Waals surface area (Å²) in [7, 11) is 0. The molecule has 1 rings (SSSR count). The molecule has 92 valence electrons. The molecule has 0 bridgehead atoms. The molecule has 0 aliphatic rings. The highest BCUT2D eigenvalue weighted by Crippen LogP contribution is 2.09. The van der Waals surface area contributed by atoms with Gasteiger partial charge in [0.2, 0.25) is 0 Å². The van der Waals surface area contributed by atoms with Crippen LogP contribution in [0.1, 0.15) is 42.2 Å². The highest BCUT2D eigenvalue weighted by Gasteiger charge is 2.13. The number of carbonyl (C=O) groups is 1. The van der Waals surface area contributed by atoms with E-state index >= 15 is 0 Å². The summed E-state index contributed by atoms with van der Waals surface area (Å²) in [6.45, 7) is 4.50. The average molecular weight is 264 g/mol. The number of nitrogens with one attached hydrogen (secondary N) is 1. The fourth-order valence-corrected chi connectivity index (χ4v) is 1.92. The predicted molar refractivity (Wildman–Crippen MR) is 69.1 cm³/mol. The Morgan fingerprint density at radius 2 is 2.19 bits per heavy atom. The zero-order chi connectivity index (χ0) is 11.3. The Kier molecular flexibility index (Phi) is 7.29. The molecule has 1 aromatic heterocycles. The van der Waals surface area contributed by atoms with Crippen LogP contribution in [0.5, 0.6) is 0 Å². The minimum atomic E-state index is -0.0975. The van der Waals surface area contributed by atoms with Crippen molar-refractivity contribution in [2.45, 2.75) is 39.3 Å². The van der Waals surface area contributed by atoms with E-state index in [2.05, 4.69) is 24.1 Å². The first-order valence-electron chi connectivity index (χ1n) is 5.16. The van der Waals surface area contributed by atoms with Crippen LogP contribution in [0.4, 0.5) is 0 Å². The number of nitrogens with zero attached hydrogens (tertiary/aromatic N) is 1. The van der Waals surface area contributed by atoms with E-state index in [0.717, 1.165) is 17.8 Å². The van der Waals surface area contributed by atoms with Crippen LogP contribution >= 0.6 is 23.7 Å². The molecule has 0 aromatic carbocycles. The molecule has 0 saturated carbocycles. The molecule has 3 N–H and O–H groups in total. The zero-order valence-electron chi connectivity index (χ0n) is 9.53. The van der Waals surface area contributed by atoms with Gasteiger partial charge in [0.15, 0.2) is 0 Å². The molecule has 4 nitrogen and oxygen atoms in total. The Morgan fingerprint density at radius 3 is 2.62 bits per heavy atom. The molecule has 0 unspecified atom stereocenters. The van der Waals surface area contributed by atoms with E-state index in [-0.39, 0.29) is 24.4 Å². The van der Waals surface area contributed by atoms with Crippen molar-refractivity contribution >= 4 is 29.7 Å². The summed E-state index contributed by atoms with van der Waals surface area (Å²) in [4.78, 5) is 15.8. The van der Waals surface area contributed by atoms with Gasteiger partial charge < -0.3 is 11.1 Å². The van der Waals surface area contributed by atoms with Crippen LogP contribution in [-0.2, 0) is 6.54 Å². The molecule has 0 radical (unpaired) electrons. The van der Waals surface area contributed by atoms with Gasteiger partial charge in [-0.15, -0.1) is 23.7 Å². The van der Waals surface area contributed by atoms with Crippen LogP contribution in [0, 0.1) is 0 Å². The molecule has 0 fully saturated rings. The summed E-state index contributed by atoms with van der Waals surface area (Å²) in [5, 5.41) is 5.48. The second-order valence-corrected chi connectivity index (χ2v) is 4.26. The van der Waals surface area contributed by atoms with Crippen molar-refractivity contribution in [2.75, 3.05) is 0 Å². The topological polar surface area (TPSA) is 68.0 Å². The smallest absolute Gasteiger partial charge is 0.270 e. The van der Waals surface area contributed by atoms with E-state index in [1.807, 2.05) is 0 Å². The monoisotopic (exact) mass is 263 g/mol. The van der Waals surface area contributed by atoms with Gasteiger partial charge in [0.05, 0.1) is 0 Å². The number of halogens is 1. The van der Waals surface area contributed by atoms with Gasteiger partial charge in [-0.25, -0.2) is 4.98 Å². The van der Waals surface area contributed by atoms with Crippen molar-refractivity contribution < 1.29 is 4.79 Å². The van der Waals surface area contributed by atoms with Gasteiger partial charge in [0, 0.05) is 18.0 Å². The maximum absolute atomic E-state index is 11.7. The highest BCUT2D eigenvalue weighted by molar-refractivity contribution is 7.09. The standard InChI is InChI=1S/C10H17N3OS.ClH/c1-3-7(4-2)12-10(14)8-6-15-9(5-11)13-8;/h6-7H,3-5,11H2,1-2H3,(H,12,14);1H. The molecule has 0 atom stereocenters. The van der Waals surface area contributed by atoms with Crippen molar-refractivity contribution in [3.63, 3.8) is 0 Å². The van der Waals surface area contributed by atoms with Crippen LogP contribution in [0.25, 0.3) is 0 Å². The fraction of sp³-hybridized carbons (Fsp3) is 0.600. The number of carbonyl (C=O) groups excluding carboxylic acids is 1.